The van der Waals surface area contributed by atoms with E-state index < -0.39 is 29.6 Å². The number of unbranched alkanes of at least 4 members (excludes halogenated alkanes) is 1. The van der Waals surface area contributed by atoms with E-state index in [-0.39, 0.29) is 43.3 Å². The number of aryl methyl sites for hydroxylation is 4. The van der Waals surface area contributed by atoms with Crippen molar-refractivity contribution in [2.75, 3.05) is 33.0 Å². The van der Waals surface area contributed by atoms with Crippen LogP contribution in [0.25, 0.3) is 17.0 Å². The van der Waals surface area contributed by atoms with Crippen LogP contribution in [0.15, 0.2) is 119 Å². The molecular weight excluding hydrogens is 967 g/mol. The lowest BCUT2D eigenvalue weighted by atomic mass is 9.85. The number of nitrogens with one attached hydrogen (secondary N) is 4. The lowest BCUT2D eigenvalue weighted by molar-refractivity contribution is -0.141. The number of rotatable bonds is 23. The van der Waals surface area contributed by atoms with Crippen molar-refractivity contribution in [3.63, 3.8) is 0 Å². The monoisotopic (exact) mass is 1050 g/mol. The first-order valence-corrected chi connectivity index (χ1v) is 27.3. The summed E-state index contributed by atoms with van der Waals surface area (Å²) in [5, 5.41) is 29.3. The number of aromatic nitrogens is 4. The molecule has 1 fully saturated rings. The van der Waals surface area contributed by atoms with Gasteiger partial charge in [-0.15, -0.1) is 10.2 Å². The van der Waals surface area contributed by atoms with Crippen LogP contribution in [0.5, 0.6) is 0 Å². The minimum Gasteiger partial charge on any atom is -0.391 e. The zero-order valence-electron chi connectivity index (χ0n) is 46.6. The van der Waals surface area contributed by atoms with Crippen molar-refractivity contribution in [3.05, 3.63) is 159 Å². The van der Waals surface area contributed by atoms with Crippen LogP contribution in [-0.2, 0) is 36.8 Å². The van der Waals surface area contributed by atoms with Gasteiger partial charge in [0.2, 0.25) is 17.7 Å². The van der Waals surface area contributed by atoms with Crippen molar-refractivity contribution >= 4 is 29.1 Å². The van der Waals surface area contributed by atoms with Crippen molar-refractivity contribution in [3.8, 4) is 11.3 Å². The molecule has 1 aliphatic carbocycles. The number of carbonyl (C=O) groups excluding carboxylic acids is 3. The average molecular weight is 1050 g/mol. The summed E-state index contributed by atoms with van der Waals surface area (Å²) in [7, 11) is 0. The lowest BCUT2D eigenvalue weighted by Crippen LogP contribution is -2.57. The van der Waals surface area contributed by atoms with Gasteiger partial charge >= 0.3 is 0 Å². The third-order valence-electron chi connectivity index (χ3n) is 15.2. The van der Waals surface area contributed by atoms with Crippen LogP contribution >= 0.6 is 0 Å². The summed E-state index contributed by atoms with van der Waals surface area (Å²) in [5.74, 6) is 0.732. The second-order valence-electron chi connectivity index (χ2n) is 22.3. The normalized spacial score (nSPS) is 18.1. The number of aliphatic hydroxyl groups is 1. The zero-order valence-corrected chi connectivity index (χ0v) is 46.6. The Kier molecular flexibility index (Phi) is 18.3. The maximum Gasteiger partial charge on any atom is 0.246 e. The Bertz CT molecular complexity index is 2990. The molecule has 4 heterocycles. The largest absolute Gasteiger partial charge is 0.391 e. The number of allylic oxidation sites excluding steroid dienone is 4. The molecule has 3 aromatic carbocycles. The number of H-pyrrole nitrogens is 1. The van der Waals surface area contributed by atoms with E-state index in [0.717, 1.165) is 76.4 Å². The Labute approximate surface area is 454 Å². The van der Waals surface area contributed by atoms with Crippen molar-refractivity contribution in [1.29, 1.82) is 0 Å². The Morgan fingerprint density at radius 3 is 2.22 bits per heavy atom. The molecule has 15 heteroatoms. The highest BCUT2D eigenvalue weighted by molar-refractivity contribution is 6.19. The molecule has 2 aliphatic heterocycles. The molecule has 408 valence electrons. The Balaban J connectivity index is 0.719. The van der Waals surface area contributed by atoms with Crippen LogP contribution in [0.4, 0.5) is 0 Å². The van der Waals surface area contributed by atoms with Gasteiger partial charge in [0.15, 0.2) is 5.82 Å². The van der Waals surface area contributed by atoms with Crippen LogP contribution in [0, 0.1) is 26.2 Å². The fourth-order valence-electron chi connectivity index (χ4n) is 10.6. The first kappa shape index (κ1) is 56.3. The number of hydrogen-bond acceptors (Lipinski definition) is 10. The number of likely N-dealkylation sites (tertiary alicyclic amines) is 1. The number of ether oxygens (including phenoxy) is 2. The van der Waals surface area contributed by atoms with E-state index in [0.29, 0.717) is 50.7 Å². The van der Waals surface area contributed by atoms with Gasteiger partial charge in [-0.25, -0.2) is 0 Å². The van der Waals surface area contributed by atoms with E-state index in [9.17, 15) is 19.5 Å². The summed E-state index contributed by atoms with van der Waals surface area (Å²) in [5.41, 5.74) is 14.5. The highest BCUT2D eigenvalue weighted by atomic mass is 16.5. The number of fused-ring (bicyclic) bond motifs is 2. The summed E-state index contributed by atoms with van der Waals surface area (Å²) in [6, 6.07) is 25.2. The molecule has 2 aromatic heterocycles. The molecule has 3 aliphatic rings. The summed E-state index contributed by atoms with van der Waals surface area (Å²) in [4.78, 5) is 51.3. The molecular formula is C62H79N9O6. The molecule has 15 nitrogen and oxygen atoms in total. The molecule has 2 unspecified atom stereocenters. The fraction of sp³-hybridized carbons (Fsp3) is 0.452. The standard InChI is InChI=1S/C62H79N9O6/c1-38-15-21-49(22-16-38)58-56-41(4)40(3)32-53(56)71-44(7)68-69-60(71)51(66-58)34-54(73)65-42(5)47-23-17-45(18-24-47)14-11-12-29-76-30-13-31-77-37-55(74)67-59(62(8,9)10)61(75)70-36-50(72)33-52(70)43(6)64-35-46-19-25-48(26-20-46)57-39(2)27-28-63-57/h15-28,42,50-52,59,63-64,72H,6,11-14,29-37H2,1-5,7-10H3,(H,65,73)(H,67,74)/t42-,50?,51?,52-,59+/m0/s1. The number of aromatic amines is 1. The first-order chi connectivity index (χ1) is 36.9. The molecule has 5 aromatic rings. The number of carbonyl (C=O) groups is 3. The molecule has 0 bridgehead atoms. The minimum atomic E-state index is -0.834. The number of β-amino-alcohol motifs (C(OH)–C–C–N with tert-alkyl or cyclic N) is 1. The third kappa shape index (κ3) is 13.8. The van der Waals surface area contributed by atoms with Crippen LogP contribution in [0.1, 0.15) is 137 Å². The summed E-state index contributed by atoms with van der Waals surface area (Å²) >= 11 is 0. The lowest BCUT2D eigenvalue weighted by Gasteiger charge is -2.36. The van der Waals surface area contributed by atoms with Gasteiger partial charge in [0.05, 0.1) is 30.3 Å². The maximum absolute atomic E-state index is 14.1. The SMILES string of the molecule is C=C(NCc1ccc(-c2[nH]ccc2C)cc1)[C@@H]1CC(O)CN1C(=O)[C@@H](NC(=O)COCCCOCCCCc1ccc([C@H](C)NC(=O)CC2N=C(c3ccc(C)cc3)C3=C(CC(C)=C3C)n3c(C)nnc32)cc1)C(C)(C)C. The molecule has 0 radical (unpaired) electrons. The number of nitrogens with zero attached hydrogens (tertiary/aromatic N) is 5. The topological polar surface area (TPSA) is 188 Å². The van der Waals surface area contributed by atoms with Crippen LogP contribution < -0.4 is 16.0 Å². The van der Waals surface area contributed by atoms with E-state index in [1.54, 1.807) is 4.90 Å². The molecule has 1 saturated heterocycles. The van der Waals surface area contributed by atoms with Gasteiger partial charge in [0.25, 0.3) is 0 Å². The quantitative estimate of drug-likeness (QED) is 0.0397. The smallest absolute Gasteiger partial charge is 0.246 e. The molecule has 0 spiro atoms. The fourth-order valence-corrected chi connectivity index (χ4v) is 10.6. The molecule has 5 N–H and O–H groups in total. The number of aliphatic imine (C=N–C) groups is 1. The Morgan fingerprint density at radius 1 is 0.831 bits per heavy atom. The van der Waals surface area contributed by atoms with E-state index >= 15 is 0 Å². The van der Waals surface area contributed by atoms with Gasteiger partial charge in [-0.3, -0.25) is 23.9 Å². The van der Waals surface area contributed by atoms with Gasteiger partial charge in [-0.1, -0.05) is 111 Å². The molecule has 5 atom stereocenters. The predicted molar refractivity (Wildman–Crippen MR) is 303 cm³/mol. The zero-order chi connectivity index (χ0) is 55.0. The Hall–Kier alpha value is -6.94. The highest BCUT2D eigenvalue weighted by Gasteiger charge is 2.43. The second kappa shape index (κ2) is 25.0. The van der Waals surface area contributed by atoms with Crippen molar-refractivity contribution in [1.82, 2.24) is 40.6 Å². The van der Waals surface area contributed by atoms with Crippen LogP contribution in [-0.4, -0.2) is 104 Å². The average Bonchev–Trinajstić information content (AvgIpc) is 4.31. The second-order valence-corrected chi connectivity index (χ2v) is 22.3. The summed E-state index contributed by atoms with van der Waals surface area (Å²) in [6.45, 7) is 24.4. The Morgan fingerprint density at radius 2 is 1.52 bits per heavy atom. The minimum absolute atomic E-state index is 0.102. The predicted octanol–water partition coefficient (Wildman–Crippen LogP) is 9.50. The van der Waals surface area contributed by atoms with Gasteiger partial charge in [-0.2, -0.15) is 0 Å². The number of aliphatic hydroxyl groups excluding tert-OH is 1. The number of amides is 3. The maximum atomic E-state index is 14.1. The highest BCUT2D eigenvalue weighted by Crippen LogP contribution is 2.42. The van der Waals surface area contributed by atoms with Crippen molar-refractivity contribution in [2.45, 2.75) is 144 Å². The third-order valence-corrected chi connectivity index (χ3v) is 15.2. The van der Waals surface area contributed by atoms with Crippen molar-refractivity contribution < 1.29 is 29.0 Å². The van der Waals surface area contributed by atoms with Gasteiger partial charge in [0.1, 0.15) is 24.5 Å². The van der Waals surface area contributed by atoms with Crippen LogP contribution in [0.2, 0.25) is 0 Å². The summed E-state index contributed by atoms with van der Waals surface area (Å²) < 4.78 is 13.7. The van der Waals surface area contributed by atoms with Gasteiger partial charge in [0, 0.05) is 80.2 Å². The first-order valence-electron chi connectivity index (χ1n) is 27.3. The number of hydrogen-bond donors (Lipinski definition) is 5. The van der Waals surface area contributed by atoms with E-state index in [1.807, 2.05) is 46.9 Å². The molecule has 0 saturated carbocycles. The number of benzene rings is 3. The van der Waals surface area contributed by atoms with E-state index in [1.165, 1.54) is 27.8 Å². The summed E-state index contributed by atoms with van der Waals surface area (Å²) in [6.07, 6.45) is 5.91. The molecule has 77 heavy (non-hydrogen) atoms. The van der Waals surface area contributed by atoms with E-state index in [4.69, 9.17) is 14.5 Å². The van der Waals surface area contributed by atoms with Crippen LogP contribution in [0.3, 0.4) is 0 Å². The molecule has 3 amide bonds. The van der Waals surface area contributed by atoms with E-state index in [2.05, 4.69) is 143 Å². The van der Waals surface area contributed by atoms with Crippen molar-refractivity contribution in [2.24, 2.45) is 10.4 Å². The van der Waals surface area contributed by atoms with Gasteiger partial charge in [-0.05, 0) is 112 Å². The van der Waals surface area contributed by atoms with Gasteiger partial charge < -0.3 is 40.4 Å². The molecule has 8 rings (SSSR count).